The molecular weight excluding hydrogens is 332 g/mol. The highest BCUT2D eigenvalue weighted by Crippen LogP contribution is 2.35. The lowest BCUT2D eigenvalue weighted by Crippen LogP contribution is -2.43. The molecule has 4 nitrogen and oxygen atoms in total. The fourth-order valence-electron chi connectivity index (χ4n) is 4.17. The quantitative estimate of drug-likeness (QED) is 0.875. The Morgan fingerprint density at radius 2 is 2.00 bits per heavy atom. The third kappa shape index (κ3) is 3.31. The molecule has 1 N–H and O–H groups in total. The normalized spacial score (nSPS) is 25.0. The summed E-state index contributed by atoms with van der Waals surface area (Å²) in [5.74, 6) is 0. The molecule has 2 aromatic rings. The highest BCUT2D eigenvalue weighted by atomic mass is 32.1. The smallest absolute Gasteiger partial charge is 0.414 e. The van der Waals surface area contributed by atoms with Crippen molar-refractivity contribution < 1.29 is 9.53 Å². The van der Waals surface area contributed by atoms with Crippen molar-refractivity contribution in [3.05, 3.63) is 40.6 Å². The van der Waals surface area contributed by atoms with Gasteiger partial charge in [-0.3, -0.25) is 4.90 Å². The van der Waals surface area contributed by atoms with Gasteiger partial charge in [0, 0.05) is 24.7 Å². The molecule has 2 aliphatic rings. The zero-order chi connectivity index (χ0) is 17.4. The molecular formula is C20H24N2O2S. The average Bonchev–Trinajstić information content (AvgIpc) is 3.24. The fraction of sp³-hybridized carbons (Fsp3) is 0.450. The summed E-state index contributed by atoms with van der Waals surface area (Å²) in [7, 11) is 1.82. The number of amides is 1. The van der Waals surface area contributed by atoms with E-state index in [2.05, 4.69) is 28.2 Å². The summed E-state index contributed by atoms with van der Waals surface area (Å²) in [4.78, 5) is 14.5. The Labute approximate surface area is 152 Å². The molecule has 5 heteroatoms. The topological polar surface area (TPSA) is 41.6 Å². The molecule has 0 saturated carbocycles. The molecule has 0 aliphatic carbocycles. The molecule has 1 aromatic carbocycles. The third-order valence-electron chi connectivity index (χ3n) is 5.38. The van der Waals surface area contributed by atoms with E-state index in [9.17, 15) is 4.79 Å². The van der Waals surface area contributed by atoms with E-state index >= 15 is 0 Å². The number of thiophene rings is 1. The number of ether oxygens (including phenoxy) is 1. The van der Waals surface area contributed by atoms with Crippen molar-refractivity contribution in [2.75, 3.05) is 11.9 Å². The van der Waals surface area contributed by atoms with Crippen LogP contribution in [-0.2, 0) is 4.74 Å². The second kappa shape index (κ2) is 6.81. The van der Waals surface area contributed by atoms with E-state index in [0.29, 0.717) is 12.1 Å². The number of piperidine rings is 1. The fourth-order valence-corrected chi connectivity index (χ4v) is 4.82. The first-order valence-corrected chi connectivity index (χ1v) is 9.88. The molecule has 4 rings (SSSR count). The molecule has 2 aliphatic heterocycles. The van der Waals surface area contributed by atoms with Crippen LogP contribution in [0.15, 0.2) is 35.0 Å². The second-order valence-electron chi connectivity index (χ2n) is 7.16. The Bertz CT molecular complexity index is 747. The number of anilines is 1. The Balaban J connectivity index is 1.54. The number of rotatable bonds is 3. The molecule has 2 atom stereocenters. The minimum atomic E-state index is -0.253. The predicted molar refractivity (Wildman–Crippen MR) is 102 cm³/mol. The van der Waals surface area contributed by atoms with E-state index in [1.807, 2.05) is 26.1 Å². The summed E-state index contributed by atoms with van der Waals surface area (Å²) in [6, 6.07) is 9.27. The van der Waals surface area contributed by atoms with E-state index in [1.54, 1.807) is 16.2 Å². The van der Waals surface area contributed by atoms with Crippen LogP contribution in [0.3, 0.4) is 0 Å². The average molecular weight is 356 g/mol. The summed E-state index contributed by atoms with van der Waals surface area (Å²) in [6.07, 6.45) is 4.05. The highest BCUT2D eigenvalue weighted by molar-refractivity contribution is 7.08. The minimum Gasteiger partial charge on any atom is -0.446 e. The van der Waals surface area contributed by atoms with Crippen LogP contribution in [0.2, 0.25) is 0 Å². The van der Waals surface area contributed by atoms with Crippen LogP contribution < -0.4 is 10.2 Å². The molecule has 1 amide bonds. The van der Waals surface area contributed by atoms with Gasteiger partial charge in [0.15, 0.2) is 0 Å². The van der Waals surface area contributed by atoms with Gasteiger partial charge in [0.2, 0.25) is 0 Å². The Morgan fingerprint density at radius 1 is 1.24 bits per heavy atom. The van der Waals surface area contributed by atoms with Crippen molar-refractivity contribution in [3.63, 3.8) is 0 Å². The maximum absolute atomic E-state index is 12.8. The van der Waals surface area contributed by atoms with Crippen LogP contribution in [0.5, 0.6) is 0 Å². The summed E-state index contributed by atoms with van der Waals surface area (Å²) in [5, 5.41) is 7.76. The van der Waals surface area contributed by atoms with Gasteiger partial charge in [-0.05, 0) is 60.6 Å². The van der Waals surface area contributed by atoms with E-state index in [-0.39, 0.29) is 12.2 Å². The van der Waals surface area contributed by atoms with Gasteiger partial charge in [-0.2, -0.15) is 11.3 Å². The molecule has 0 radical (unpaired) electrons. The number of hydrogen-bond donors (Lipinski definition) is 1. The minimum absolute atomic E-state index is 0.0299. The maximum atomic E-state index is 12.8. The zero-order valence-corrected chi connectivity index (χ0v) is 15.5. The number of fused-ring (bicyclic) bond motifs is 2. The number of para-hydroxylation sites is 1. The van der Waals surface area contributed by atoms with Crippen LogP contribution >= 0.6 is 11.3 Å². The Hall–Kier alpha value is -1.85. The van der Waals surface area contributed by atoms with Crippen molar-refractivity contribution in [3.8, 4) is 11.1 Å². The summed E-state index contributed by atoms with van der Waals surface area (Å²) in [5.41, 5.74) is 4.23. The van der Waals surface area contributed by atoms with Crippen molar-refractivity contribution in [1.82, 2.24) is 5.32 Å². The molecule has 2 unspecified atom stereocenters. The lowest BCUT2D eigenvalue weighted by Gasteiger charge is -2.31. The molecule has 1 aromatic heterocycles. The summed E-state index contributed by atoms with van der Waals surface area (Å²) >= 11 is 1.66. The predicted octanol–water partition coefficient (Wildman–Crippen LogP) is 4.58. The first kappa shape index (κ1) is 16.6. The Kier molecular flexibility index (Phi) is 4.52. The van der Waals surface area contributed by atoms with E-state index in [1.165, 1.54) is 12.8 Å². The first-order valence-electron chi connectivity index (χ1n) is 8.94. The van der Waals surface area contributed by atoms with Gasteiger partial charge in [-0.15, -0.1) is 0 Å². The number of carbonyl (C=O) groups is 1. The van der Waals surface area contributed by atoms with Crippen LogP contribution in [0.25, 0.3) is 11.1 Å². The van der Waals surface area contributed by atoms with E-state index < -0.39 is 0 Å². The lowest BCUT2D eigenvalue weighted by atomic mass is 10.0. The monoisotopic (exact) mass is 356 g/mol. The molecule has 25 heavy (non-hydrogen) atoms. The summed E-state index contributed by atoms with van der Waals surface area (Å²) in [6.45, 7) is 2.04. The first-order chi connectivity index (χ1) is 12.1. The largest absolute Gasteiger partial charge is 0.446 e. The third-order valence-corrected chi connectivity index (χ3v) is 6.06. The summed E-state index contributed by atoms with van der Waals surface area (Å²) < 4.78 is 5.87. The molecule has 2 saturated heterocycles. The molecule has 0 spiro atoms. The number of aryl methyl sites for hydroxylation is 1. The number of nitrogens with zero attached hydrogens (tertiary/aromatic N) is 1. The Morgan fingerprint density at radius 3 is 2.68 bits per heavy atom. The van der Waals surface area contributed by atoms with Gasteiger partial charge >= 0.3 is 6.09 Å². The van der Waals surface area contributed by atoms with Gasteiger partial charge in [0.1, 0.15) is 6.10 Å². The standard InChI is InChI=1S/C20H24N2O2S/c1-13-4-3-5-18(14-8-9-25-12-14)19(13)22(2)20(23)24-17-10-15-6-7-16(11-17)21-15/h3-5,8-9,12,15-17,21H,6-7,10-11H2,1-2H3. The van der Waals surface area contributed by atoms with E-state index in [0.717, 1.165) is 35.2 Å². The van der Waals surface area contributed by atoms with Crippen molar-refractivity contribution in [2.24, 2.45) is 0 Å². The highest BCUT2D eigenvalue weighted by Gasteiger charge is 2.36. The maximum Gasteiger partial charge on any atom is 0.414 e. The van der Waals surface area contributed by atoms with Gasteiger partial charge < -0.3 is 10.1 Å². The molecule has 2 bridgehead atoms. The number of benzene rings is 1. The van der Waals surface area contributed by atoms with Gasteiger partial charge in [0.05, 0.1) is 5.69 Å². The molecule has 3 heterocycles. The van der Waals surface area contributed by atoms with Crippen LogP contribution in [0, 0.1) is 6.92 Å². The van der Waals surface area contributed by atoms with E-state index in [4.69, 9.17) is 4.74 Å². The van der Waals surface area contributed by atoms with Gasteiger partial charge in [0.25, 0.3) is 0 Å². The van der Waals surface area contributed by atoms with Crippen LogP contribution in [-0.4, -0.2) is 31.3 Å². The van der Waals surface area contributed by atoms with Crippen molar-refractivity contribution >= 4 is 23.1 Å². The van der Waals surface area contributed by atoms with Gasteiger partial charge in [-0.1, -0.05) is 18.2 Å². The van der Waals surface area contributed by atoms with Gasteiger partial charge in [-0.25, -0.2) is 4.79 Å². The SMILES string of the molecule is Cc1cccc(-c2ccsc2)c1N(C)C(=O)OC1CC2CCC(C1)N2. The number of nitrogens with one attached hydrogen (secondary N) is 1. The molecule has 132 valence electrons. The van der Waals surface area contributed by atoms with Crippen molar-refractivity contribution in [2.45, 2.75) is 50.8 Å². The molecule has 2 fully saturated rings. The lowest BCUT2D eigenvalue weighted by molar-refractivity contribution is 0.0730. The van der Waals surface area contributed by atoms with Crippen molar-refractivity contribution in [1.29, 1.82) is 0 Å². The van der Waals surface area contributed by atoms with Crippen LogP contribution in [0.1, 0.15) is 31.2 Å². The second-order valence-corrected chi connectivity index (χ2v) is 7.94. The zero-order valence-electron chi connectivity index (χ0n) is 14.7. The number of carbonyl (C=O) groups excluding carboxylic acids is 1. The number of hydrogen-bond acceptors (Lipinski definition) is 4. The van der Waals surface area contributed by atoms with Crippen LogP contribution in [0.4, 0.5) is 10.5 Å².